The Hall–Kier alpha value is -2.17. The van der Waals surface area contributed by atoms with Crippen molar-refractivity contribution in [2.45, 2.75) is 11.4 Å². The van der Waals surface area contributed by atoms with Crippen molar-refractivity contribution in [3.8, 4) is 5.75 Å². The van der Waals surface area contributed by atoms with E-state index in [0.29, 0.717) is 45.1 Å². The van der Waals surface area contributed by atoms with Crippen LogP contribution in [0.2, 0.25) is 0 Å². The summed E-state index contributed by atoms with van der Waals surface area (Å²) in [6, 6.07) is 16.5. The van der Waals surface area contributed by atoms with Gasteiger partial charge in [-0.2, -0.15) is 4.31 Å². The molecule has 2 aromatic carbocycles. The molecular weight excluding hydrogens is 466 g/mol. The number of morpholine rings is 1. The highest BCUT2D eigenvalue weighted by Crippen LogP contribution is 2.20. The average Bonchev–Trinajstić information content (AvgIpc) is 2.84. The maximum absolute atomic E-state index is 12.7. The van der Waals surface area contributed by atoms with E-state index in [4.69, 9.17) is 9.47 Å². The van der Waals surface area contributed by atoms with Crippen molar-refractivity contribution in [1.29, 1.82) is 0 Å². The van der Waals surface area contributed by atoms with Gasteiger partial charge in [0.2, 0.25) is 10.0 Å². The molecule has 180 valence electrons. The van der Waals surface area contributed by atoms with Crippen molar-refractivity contribution < 1.29 is 22.7 Å². The van der Waals surface area contributed by atoms with Gasteiger partial charge in [0.25, 0.3) is 5.91 Å². The highest BCUT2D eigenvalue weighted by molar-refractivity contribution is 7.89. The van der Waals surface area contributed by atoms with E-state index in [2.05, 4.69) is 17.0 Å². The number of nitrogens with zero attached hydrogens (tertiary/aromatic N) is 3. The first-order valence-electron chi connectivity index (χ1n) is 10.9. The molecule has 2 aromatic rings. The number of benzene rings is 2. The van der Waals surface area contributed by atoms with Gasteiger partial charge in [0.1, 0.15) is 5.75 Å². The second-order valence-electron chi connectivity index (χ2n) is 7.92. The molecule has 0 aliphatic carbocycles. The van der Waals surface area contributed by atoms with Crippen LogP contribution >= 0.6 is 12.4 Å². The topological polar surface area (TPSA) is 79.4 Å². The zero-order chi connectivity index (χ0) is 22.4. The van der Waals surface area contributed by atoms with E-state index in [1.807, 2.05) is 23.1 Å². The van der Waals surface area contributed by atoms with E-state index < -0.39 is 10.0 Å². The number of hydrogen-bond acceptors (Lipinski definition) is 6. The van der Waals surface area contributed by atoms with E-state index in [-0.39, 0.29) is 29.8 Å². The third-order valence-electron chi connectivity index (χ3n) is 5.77. The summed E-state index contributed by atoms with van der Waals surface area (Å²) in [6.45, 7) is 5.35. The molecule has 33 heavy (non-hydrogen) atoms. The number of amides is 1. The van der Waals surface area contributed by atoms with Crippen molar-refractivity contribution in [1.82, 2.24) is 14.1 Å². The van der Waals surface area contributed by atoms with Gasteiger partial charge >= 0.3 is 0 Å². The summed E-state index contributed by atoms with van der Waals surface area (Å²) in [4.78, 5) is 16.9. The Morgan fingerprint density at radius 2 is 1.52 bits per heavy atom. The lowest BCUT2D eigenvalue weighted by atomic mass is 10.2. The van der Waals surface area contributed by atoms with Crippen LogP contribution < -0.4 is 4.74 Å². The molecule has 2 saturated heterocycles. The summed E-state index contributed by atoms with van der Waals surface area (Å²) in [7, 11) is -3.54. The smallest absolute Gasteiger partial charge is 0.260 e. The minimum Gasteiger partial charge on any atom is -0.484 e. The van der Waals surface area contributed by atoms with Crippen LogP contribution in [-0.4, -0.2) is 87.5 Å². The van der Waals surface area contributed by atoms with E-state index in [9.17, 15) is 13.2 Å². The van der Waals surface area contributed by atoms with Crippen molar-refractivity contribution in [2.75, 3.05) is 59.1 Å². The molecule has 2 aliphatic heterocycles. The van der Waals surface area contributed by atoms with Gasteiger partial charge in [-0.25, -0.2) is 8.42 Å². The Morgan fingerprint density at radius 3 is 2.15 bits per heavy atom. The number of carbonyl (C=O) groups excluding carboxylic acids is 1. The lowest BCUT2D eigenvalue weighted by Gasteiger charge is -2.34. The number of ether oxygens (including phenoxy) is 2. The minimum absolute atomic E-state index is 0. The zero-order valence-corrected chi connectivity index (χ0v) is 20.1. The van der Waals surface area contributed by atoms with Gasteiger partial charge in [0.05, 0.1) is 18.1 Å². The molecule has 2 fully saturated rings. The van der Waals surface area contributed by atoms with Crippen molar-refractivity contribution >= 4 is 28.3 Å². The summed E-state index contributed by atoms with van der Waals surface area (Å²) in [5.41, 5.74) is 1.27. The van der Waals surface area contributed by atoms with Crippen LogP contribution in [0.1, 0.15) is 5.56 Å². The molecule has 0 unspecified atom stereocenters. The van der Waals surface area contributed by atoms with Crippen LogP contribution in [-0.2, 0) is 26.1 Å². The van der Waals surface area contributed by atoms with Gasteiger partial charge < -0.3 is 14.4 Å². The Bertz CT molecular complexity index is 991. The molecule has 1 amide bonds. The van der Waals surface area contributed by atoms with Gasteiger partial charge in [0.15, 0.2) is 6.61 Å². The first-order valence-corrected chi connectivity index (χ1v) is 12.3. The van der Waals surface area contributed by atoms with Gasteiger partial charge in [-0.1, -0.05) is 30.3 Å². The molecule has 0 saturated carbocycles. The predicted octanol–water partition coefficient (Wildman–Crippen LogP) is 1.85. The van der Waals surface area contributed by atoms with Crippen LogP contribution in [0.3, 0.4) is 0 Å². The number of sulfonamides is 1. The van der Waals surface area contributed by atoms with Crippen LogP contribution in [0.25, 0.3) is 0 Å². The Balaban J connectivity index is 0.00000306. The number of piperazine rings is 1. The van der Waals surface area contributed by atoms with Gasteiger partial charge in [-0.05, 0) is 29.8 Å². The van der Waals surface area contributed by atoms with Crippen LogP contribution in [0.5, 0.6) is 5.75 Å². The van der Waals surface area contributed by atoms with Crippen LogP contribution in [0.4, 0.5) is 0 Å². The summed E-state index contributed by atoms with van der Waals surface area (Å²) >= 11 is 0. The van der Waals surface area contributed by atoms with E-state index in [1.54, 1.807) is 12.1 Å². The van der Waals surface area contributed by atoms with E-state index in [0.717, 1.165) is 19.6 Å². The predicted molar refractivity (Wildman–Crippen MR) is 127 cm³/mol. The fourth-order valence-corrected chi connectivity index (χ4v) is 5.29. The normalized spacial score (nSPS) is 17.9. The van der Waals surface area contributed by atoms with Gasteiger partial charge in [-0.3, -0.25) is 9.69 Å². The Morgan fingerprint density at radius 1 is 0.879 bits per heavy atom. The quantitative estimate of drug-likeness (QED) is 0.583. The minimum atomic E-state index is -3.54. The van der Waals surface area contributed by atoms with Crippen molar-refractivity contribution in [3.05, 3.63) is 60.2 Å². The Kier molecular flexibility index (Phi) is 9.10. The second-order valence-corrected chi connectivity index (χ2v) is 9.86. The fraction of sp³-hybridized carbons (Fsp3) is 0.435. The molecular formula is C23H30ClN3O5S. The van der Waals surface area contributed by atoms with Crippen LogP contribution in [0.15, 0.2) is 59.5 Å². The first kappa shape index (κ1) is 25.5. The largest absolute Gasteiger partial charge is 0.484 e. The van der Waals surface area contributed by atoms with Gasteiger partial charge in [-0.15, -0.1) is 12.4 Å². The highest BCUT2D eigenvalue weighted by atomic mass is 35.5. The summed E-state index contributed by atoms with van der Waals surface area (Å²) in [6.07, 6.45) is 0. The SMILES string of the molecule is Cl.O=C(COc1ccc(S(=O)(=O)N2CCOCC2)cc1)N1CCN(Cc2ccccc2)CC1. The van der Waals surface area contributed by atoms with E-state index in [1.165, 1.54) is 22.0 Å². The number of halogens is 1. The molecule has 0 radical (unpaired) electrons. The standard InChI is InChI=1S/C23H29N3O5S.ClH/c27-23(25-12-10-24(11-13-25)18-20-4-2-1-3-5-20)19-31-21-6-8-22(9-7-21)32(28,29)26-14-16-30-17-15-26;/h1-9H,10-19H2;1H. The molecule has 8 nitrogen and oxygen atoms in total. The van der Waals surface area contributed by atoms with Crippen molar-refractivity contribution in [3.63, 3.8) is 0 Å². The molecule has 4 rings (SSSR count). The number of rotatable bonds is 7. The fourth-order valence-electron chi connectivity index (χ4n) is 3.88. The maximum Gasteiger partial charge on any atom is 0.260 e. The lowest BCUT2D eigenvalue weighted by Crippen LogP contribution is -2.49. The molecule has 0 atom stereocenters. The summed E-state index contributed by atoms with van der Waals surface area (Å²) < 4.78 is 37.6. The number of hydrogen-bond donors (Lipinski definition) is 0. The zero-order valence-electron chi connectivity index (χ0n) is 18.5. The molecule has 2 heterocycles. The molecule has 0 aromatic heterocycles. The number of carbonyl (C=O) groups is 1. The third-order valence-corrected chi connectivity index (χ3v) is 7.68. The molecule has 0 N–H and O–H groups in total. The highest BCUT2D eigenvalue weighted by Gasteiger charge is 2.26. The second kappa shape index (κ2) is 11.8. The third kappa shape index (κ3) is 6.68. The average molecular weight is 496 g/mol. The van der Waals surface area contributed by atoms with Crippen LogP contribution in [0, 0.1) is 0 Å². The molecule has 2 aliphatic rings. The maximum atomic E-state index is 12.7. The summed E-state index contributed by atoms with van der Waals surface area (Å²) in [5, 5.41) is 0. The lowest BCUT2D eigenvalue weighted by molar-refractivity contribution is -0.135. The first-order chi connectivity index (χ1) is 15.5. The van der Waals surface area contributed by atoms with Gasteiger partial charge in [0, 0.05) is 45.8 Å². The van der Waals surface area contributed by atoms with Crippen molar-refractivity contribution in [2.24, 2.45) is 0 Å². The summed E-state index contributed by atoms with van der Waals surface area (Å²) in [5.74, 6) is 0.413. The molecule has 10 heteroatoms. The monoisotopic (exact) mass is 495 g/mol. The Labute approximate surface area is 201 Å². The molecule has 0 bridgehead atoms. The molecule has 0 spiro atoms. The van der Waals surface area contributed by atoms with E-state index >= 15 is 0 Å².